The van der Waals surface area contributed by atoms with E-state index in [1.807, 2.05) is 9.80 Å². The molecule has 0 aliphatic carbocycles. The van der Waals surface area contributed by atoms with Gasteiger partial charge in [0, 0.05) is 106 Å². The summed E-state index contributed by atoms with van der Waals surface area (Å²) in [4.78, 5) is 78.8. The fraction of sp³-hybridized carbons (Fsp3) is 0.812. The fourth-order valence-corrected chi connectivity index (χ4v) is 4.86. The number of amides is 3. The molecule has 0 unspecified atom stereocenters. The lowest BCUT2D eigenvalue weighted by Crippen LogP contribution is -2.49. The van der Waals surface area contributed by atoms with Crippen molar-refractivity contribution in [3.05, 3.63) is 0 Å². The summed E-state index contributed by atoms with van der Waals surface area (Å²) in [7, 11) is 3.31. The molecule has 1 fully saturated rings. The number of rotatable bonds is 25. The summed E-state index contributed by atoms with van der Waals surface area (Å²) in [6.45, 7) is 6.80. The first-order chi connectivity index (χ1) is 24.0. The number of nitrogens with one attached hydrogen (secondary N) is 2. The van der Waals surface area contributed by atoms with Gasteiger partial charge in [0.25, 0.3) is 0 Å². The van der Waals surface area contributed by atoms with Crippen LogP contribution in [0.5, 0.6) is 0 Å². The molecule has 288 valence electrons. The van der Waals surface area contributed by atoms with E-state index in [-0.39, 0.29) is 56.7 Å². The van der Waals surface area contributed by atoms with Crippen LogP contribution in [-0.4, -0.2) is 216 Å². The van der Waals surface area contributed by atoms with Crippen LogP contribution in [0.15, 0.2) is 0 Å². The molecular formula is C32H59N7O11. The molecule has 0 aromatic rings. The van der Waals surface area contributed by atoms with E-state index in [9.17, 15) is 39.0 Å². The molecule has 18 heteroatoms. The summed E-state index contributed by atoms with van der Waals surface area (Å²) in [6.07, 6.45) is 2.41. The second-order valence-electron chi connectivity index (χ2n) is 12.1. The number of carboxylic acid groups (broad SMARTS) is 2. The number of hydrogen-bond acceptors (Lipinski definition) is 13. The van der Waals surface area contributed by atoms with Crippen molar-refractivity contribution in [2.75, 3.05) is 145 Å². The highest BCUT2D eigenvalue weighted by Gasteiger charge is 2.20. The van der Waals surface area contributed by atoms with Crippen LogP contribution in [0.1, 0.15) is 25.7 Å². The molecule has 0 aromatic heterocycles. The molecule has 0 spiro atoms. The summed E-state index contributed by atoms with van der Waals surface area (Å²) in [5, 5.41) is 24.4. The summed E-state index contributed by atoms with van der Waals surface area (Å²) >= 11 is 0. The van der Waals surface area contributed by atoms with Crippen molar-refractivity contribution >= 4 is 35.9 Å². The molecule has 4 N–H and O–H groups in total. The lowest BCUT2D eigenvalue weighted by Gasteiger charge is -2.32. The smallest absolute Gasteiger partial charge is 0.317 e. The average molecular weight is 718 g/mol. The Hall–Kier alpha value is -3.26. The Bertz CT molecular complexity index is 974. The number of aldehydes is 1. The Balaban J connectivity index is 2.24. The zero-order valence-electron chi connectivity index (χ0n) is 29.9. The van der Waals surface area contributed by atoms with E-state index in [1.54, 1.807) is 23.9 Å². The number of carbonyl (C=O) groups is 6. The van der Waals surface area contributed by atoms with E-state index in [0.717, 1.165) is 6.29 Å². The molecule has 1 aliphatic heterocycles. The van der Waals surface area contributed by atoms with Crippen LogP contribution in [0.4, 0.5) is 0 Å². The maximum absolute atomic E-state index is 12.7. The molecule has 0 saturated carbocycles. The quantitative estimate of drug-likeness (QED) is 0.0569. The van der Waals surface area contributed by atoms with Gasteiger partial charge in [0.1, 0.15) is 6.29 Å². The molecule has 0 radical (unpaired) electrons. The van der Waals surface area contributed by atoms with Crippen molar-refractivity contribution in [1.29, 1.82) is 0 Å². The number of carboxylic acids is 2. The van der Waals surface area contributed by atoms with Crippen molar-refractivity contribution in [3.8, 4) is 0 Å². The first kappa shape index (κ1) is 44.8. The van der Waals surface area contributed by atoms with Gasteiger partial charge in [-0.05, 0) is 12.8 Å². The van der Waals surface area contributed by atoms with Crippen LogP contribution in [0.25, 0.3) is 0 Å². The minimum Gasteiger partial charge on any atom is -0.480 e. The van der Waals surface area contributed by atoms with Gasteiger partial charge in [-0.15, -0.1) is 0 Å². The Kier molecular flexibility index (Phi) is 25.5. The first-order valence-electron chi connectivity index (χ1n) is 17.2. The summed E-state index contributed by atoms with van der Waals surface area (Å²) in [6, 6.07) is 0. The third-order valence-electron chi connectivity index (χ3n) is 7.73. The maximum Gasteiger partial charge on any atom is 0.317 e. The van der Waals surface area contributed by atoms with Crippen LogP contribution in [-0.2, 0) is 43.0 Å². The van der Waals surface area contributed by atoms with Crippen LogP contribution in [0.2, 0.25) is 0 Å². The highest BCUT2D eigenvalue weighted by molar-refractivity contribution is 5.83. The maximum atomic E-state index is 12.7. The van der Waals surface area contributed by atoms with Crippen LogP contribution in [0, 0.1) is 0 Å². The highest BCUT2D eigenvalue weighted by Crippen LogP contribution is 2.01. The zero-order valence-corrected chi connectivity index (χ0v) is 29.9. The predicted molar refractivity (Wildman–Crippen MR) is 183 cm³/mol. The van der Waals surface area contributed by atoms with E-state index in [0.29, 0.717) is 118 Å². The van der Waals surface area contributed by atoms with E-state index in [1.165, 1.54) is 4.90 Å². The van der Waals surface area contributed by atoms with Gasteiger partial charge in [0.2, 0.25) is 17.7 Å². The largest absolute Gasteiger partial charge is 0.480 e. The van der Waals surface area contributed by atoms with Crippen molar-refractivity contribution < 1.29 is 53.2 Å². The minimum absolute atomic E-state index is 0.0807. The Morgan fingerprint density at radius 2 is 1.00 bits per heavy atom. The number of ether oxygens (including phenoxy) is 3. The number of carbonyl (C=O) groups excluding carboxylic acids is 4. The summed E-state index contributed by atoms with van der Waals surface area (Å²) in [5.74, 6) is -2.35. The van der Waals surface area contributed by atoms with Crippen molar-refractivity contribution in [1.82, 2.24) is 35.1 Å². The van der Waals surface area contributed by atoms with Crippen LogP contribution < -0.4 is 10.6 Å². The van der Waals surface area contributed by atoms with Crippen LogP contribution >= 0.6 is 0 Å². The zero-order chi connectivity index (χ0) is 37.0. The second kappa shape index (κ2) is 28.4. The van der Waals surface area contributed by atoms with Gasteiger partial charge in [-0.3, -0.25) is 43.6 Å². The van der Waals surface area contributed by atoms with E-state index in [2.05, 4.69) is 10.6 Å². The molecule has 0 atom stereocenters. The summed E-state index contributed by atoms with van der Waals surface area (Å²) in [5.41, 5.74) is 0. The molecular weight excluding hydrogens is 658 g/mol. The van der Waals surface area contributed by atoms with Crippen molar-refractivity contribution in [2.45, 2.75) is 25.7 Å². The van der Waals surface area contributed by atoms with Gasteiger partial charge >= 0.3 is 11.9 Å². The molecule has 1 heterocycles. The van der Waals surface area contributed by atoms with Crippen molar-refractivity contribution in [2.24, 2.45) is 0 Å². The highest BCUT2D eigenvalue weighted by atomic mass is 16.5. The third kappa shape index (κ3) is 24.8. The number of hydrogen-bond donors (Lipinski definition) is 4. The molecule has 0 bridgehead atoms. The van der Waals surface area contributed by atoms with Gasteiger partial charge in [-0.25, -0.2) is 0 Å². The normalized spacial score (nSPS) is 15.8. The molecule has 0 aromatic carbocycles. The number of aliphatic carboxylic acids is 2. The molecule has 1 aliphatic rings. The standard InChI is InChI=1S/C32H59N7O11/c1-35(2)30(43)6-5-28(41)33-7-3-19-48-21-23-50-24-22-49-20-4-8-34-29(42)25-37-13-15-38(26-31(44)45)11-9-36(17-18-40)10-12-39(16-14-37)27-32(46)47/h18H,3-17,19-27H2,1-2H3,(H,33,41)(H,34,42)(H,44,45)(H,46,47). The van der Waals surface area contributed by atoms with Gasteiger partial charge in [-0.1, -0.05) is 0 Å². The van der Waals surface area contributed by atoms with Gasteiger partial charge in [-0.2, -0.15) is 0 Å². The fourth-order valence-electron chi connectivity index (χ4n) is 4.86. The molecule has 3 amide bonds. The first-order valence-corrected chi connectivity index (χ1v) is 17.2. The Morgan fingerprint density at radius 1 is 0.600 bits per heavy atom. The minimum atomic E-state index is -0.960. The predicted octanol–water partition coefficient (Wildman–Crippen LogP) is -2.49. The van der Waals surface area contributed by atoms with Crippen molar-refractivity contribution in [3.63, 3.8) is 0 Å². The van der Waals surface area contributed by atoms with E-state index in [4.69, 9.17) is 14.2 Å². The van der Waals surface area contributed by atoms with Gasteiger partial charge in [0.05, 0.1) is 52.6 Å². The number of nitrogens with zero attached hydrogens (tertiary/aromatic N) is 5. The third-order valence-corrected chi connectivity index (χ3v) is 7.73. The van der Waals surface area contributed by atoms with Gasteiger partial charge in [0.15, 0.2) is 0 Å². The van der Waals surface area contributed by atoms with E-state index < -0.39 is 11.9 Å². The Labute approximate surface area is 295 Å². The lowest BCUT2D eigenvalue weighted by atomic mass is 10.2. The van der Waals surface area contributed by atoms with Gasteiger partial charge < -0.3 is 44.8 Å². The molecule has 50 heavy (non-hydrogen) atoms. The topological polar surface area (TPSA) is 211 Å². The van der Waals surface area contributed by atoms with E-state index >= 15 is 0 Å². The molecule has 18 nitrogen and oxygen atoms in total. The van der Waals surface area contributed by atoms with Crippen LogP contribution in [0.3, 0.4) is 0 Å². The lowest BCUT2D eigenvalue weighted by molar-refractivity contribution is -0.139. The second-order valence-corrected chi connectivity index (χ2v) is 12.1. The monoisotopic (exact) mass is 717 g/mol. The molecule has 1 rings (SSSR count). The Morgan fingerprint density at radius 3 is 1.42 bits per heavy atom. The average Bonchev–Trinajstić information content (AvgIpc) is 3.05. The molecule has 1 saturated heterocycles. The SMILES string of the molecule is CN(C)C(=O)CCC(=O)NCCCOCCOCCOCCCNC(=O)CN1CCN(CC(=O)O)CCN(CC=O)CCN(CC(=O)O)CC1. The summed E-state index contributed by atoms with van der Waals surface area (Å²) < 4.78 is 16.5.